The van der Waals surface area contributed by atoms with Gasteiger partial charge in [-0.15, -0.1) is 0 Å². The maximum atomic E-state index is 12.1. The van der Waals surface area contributed by atoms with Gasteiger partial charge in [-0.1, -0.05) is 67.6 Å². The van der Waals surface area contributed by atoms with Crippen LogP contribution in [0.1, 0.15) is 31.4 Å². The Morgan fingerprint density at radius 1 is 0.679 bits per heavy atom. The summed E-state index contributed by atoms with van der Waals surface area (Å²) in [5.74, 6) is 2.45. The Morgan fingerprint density at radius 3 is 1.96 bits per heavy atom. The highest BCUT2D eigenvalue weighted by molar-refractivity contribution is 6.17. The number of benzene rings is 4. The molecule has 0 aliphatic heterocycles. The number of carboxylic acids is 1. The summed E-state index contributed by atoms with van der Waals surface area (Å²) < 4.78 is 38.2. The fourth-order valence-corrected chi connectivity index (χ4v) is 4.77. The lowest BCUT2D eigenvalue weighted by Gasteiger charge is -2.14. The average Bonchev–Trinajstić information content (AvgIpc) is 3.17. The molecule has 274 valence electrons. The van der Waals surface area contributed by atoms with Crippen molar-refractivity contribution in [2.45, 2.75) is 20.3 Å². The number of nitrogens with zero attached hydrogens (tertiary/aromatic N) is 1. The number of aliphatic carboxylic acids is 1. The molecule has 0 saturated carbocycles. The zero-order valence-corrected chi connectivity index (χ0v) is 30.1. The Bertz CT molecular complexity index is 2020. The number of esters is 1. The van der Waals surface area contributed by atoms with Crippen molar-refractivity contribution in [3.63, 3.8) is 0 Å². The van der Waals surface area contributed by atoms with Crippen molar-refractivity contribution in [3.05, 3.63) is 145 Å². The fraction of sp³-hybridized carbons (Fsp3) is 0.167. The van der Waals surface area contributed by atoms with Gasteiger partial charge in [0.25, 0.3) is 0 Å². The van der Waals surface area contributed by atoms with E-state index >= 15 is 0 Å². The topological polar surface area (TPSA) is 132 Å². The first kappa shape index (κ1) is 39.0. The van der Waals surface area contributed by atoms with Gasteiger partial charge in [0.05, 0.1) is 34.2 Å². The van der Waals surface area contributed by atoms with E-state index in [1.54, 1.807) is 85.9 Å². The van der Waals surface area contributed by atoms with E-state index in [2.05, 4.69) is 4.98 Å². The Balaban J connectivity index is 0.000000238. The molecular formula is C42H41NO10. The third-order valence-electron chi connectivity index (χ3n) is 7.25. The molecule has 0 amide bonds. The molecule has 5 aromatic rings. The SMILES string of the molecule is CCCOc1cccc(Oc2ccccc2/C(C(=O)O)=C(/C)OC)c1.CO/C=C(/C(=O)OC)c1ccccc1Oc1cc(Oc2ccccc2)ccn1. The molecule has 11 nitrogen and oxygen atoms in total. The van der Waals surface area contributed by atoms with E-state index in [0.29, 0.717) is 63.9 Å². The number of para-hydroxylation sites is 3. The van der Waals surface area contributed by atoms with E-state index in [1.807, 2.05) is 49.4 Å². The second-order valence-electron chi connectivity index (χ2n) is 11.0. The van der Waals surface area contributed by atoms with Crippen LogP contribution in [-0.2, 0) is 23.8 Å². The first-order valence-corrected chi connectivity index (χ1v) is 16.5. The van der Waals surface area contributed by atoms with Crippen LogP contribution in [0.4, 0.5) is 0 Å². The summed E-state index contributed by atoms with van der Waals surface area (Å²) in [7, 11) is 4.20. The molecule has 11 heteroatoms. The van der Waals surface area contributed by atoms with E-state index in [-0.39, 0.29) is 11.1 Å². The van der Waals surface area contributed by atoms with Crippen LogP contribution < -0.4 is 18.9 Å². The van der Waals surface area contributed by atoms with Gasteiger partial charge in [0.1, 0.15) is 51.4 Å². The van der Waals surface area contributed by atoms with Crippen molar-refractivity contribution in [3.8, 4) is 40.4 Å². The number of allylic oxidation sites excluding steroid dienone is 1. The van der Waals surface area contributed by atoms with E-state index in [4.69, 9.17) is 33.2 Å². The first-order valence-electron chi connectivity index (χ1n) is 16.5. The van der Waals surface area contributed by atoms with Gasteiger partial charge in [-0.25, -0.2) is 14.6 Å². The van der Waals surface area contributed by atoms with Crippen LogP contribution >= 0.6 is 0 Å². The van der Waals surface area contributed by atoms with E-state index in [9.17, 15) is 14.7 Å². The number of ether oxygens (including phenoxy) is 7. The monoisotopic (exact) mass is 719 g/mol. The number of hydrogen-bond donors (Lipinski definition) is 1. The third-order valence-corrected chi connectivity index (χ3v) is 7.25. The van der Waals surface area contributed by atoms with Gasteiger partial charge >= 0.3 is 11.9 Å². The van der Waals surface area contributed by atoms with Crippen LogP contribution in [0.2, 0.25) is 0 Å². The summed E-state index contributed by atoms with van der Waals surface area (Å²) in [5.41, 5.74) is 1.27. The summed E-state index contributed by atoms with van der Waals surface area (Å²) in [6.07, 6.45) is 3.82. The molecule has 0 fully saturated rings. The Morgan fingerprint density at radius 2 is 1.30 bits per heavy atom. The lowest BCUT2D eigenvalue weighted by Crippen LogP contribution is -2.06. The van der Waals surface area contributed by atoms with Crippen LogP contribution in [0.3, 0.4) is 0 Å². The third kappa shape index (κ3) is 11.4. The zero-order valence-electron chi connectivity index (χ0n) is 30.1. The summed E-state index contributed by atoms with van der Waals surface area (Å²) in [6, 6.07) is 34.1. The van der Waals surface area contributed by atoms with Crippen molar-refractivity contribution < 1.29 is 47.9 Å². The van der Waals surface area contributed by atoms with Crippen molar-refractivity contribution in [2.75, 3.05) is 27.9 Å². The van der Waals surface area contributed by atoms with E-state index in [1.165, 1.54) is 27.6 Å². The lowest BCUT2D eigenvalue weighted by molar-refractivity contribution is -0.134. The number of carbonyl (C=O) groups is 2. The van der Waals surface area contributed by atoms with Crippen molar-refractivity contribution in [2.24, 2.45) is 0 Å². The van der Waals surface area contributed by atoms with Gasteiger partial charge in [-0.05, 0) is 55.8 Å². The number of methoxy groups -OCH3 is 3. The van der Waals surface area contributed by atoms with Gasteiger partial charge < -0.3 is 38.3 Å². The highest BCUT2D eigenvalue weighted by Crippen LogP contribution is 2.34. The minimum absolute atomic E-state index is 0.0662. The minimum Gasteiger partial charge on any atom is -0.503 e. The molecule has 53 heavy (non-hydrogen) atoms. The summed E-state index contributed by atoms with van der Waals surface area (Å²) in [5, 5.41) is 9.55. The maximum absolute atomic E-state index is 12.1. The van der Waals surface area contributed by atoms with Crippen LogP contribution in [0.25, 0.3) is 11.1 Å². The number of carbonyl (C=O) groups excluding carboxylic acids is 1. The quantitative estimate of drug-likeness (QED) is 0.0630. The molecule has 0 radical (unpaired) electrons. The second-order valence-corrected chi connectivity index (χ2v) is 11.0. The highest BCUT2D eigenvalue weighted by Gasteiger charge is 2.20. The first-order chi connectivity index (χ1) is 25.8. The molecule has 0 atom stereocenters. The van der Waals surface area contributed by atoms with Crippen LogP contribution in [0.5, 0.6) is 40.4 Å². The minimum atomic E-state index is -1.07. The molecule has 4 aromatic carbocycles. The number of hydrogen-bond acceptors (Lipinski definition) is 10. The molecule has 1 heterocycles. The van der Waals surface area contributed by atoms with Crippen molar-refractivity contribution >= 4 is 23.1 Å². The number of rotatable bonds is 15. The zero-order chi connectivity index (χ0) is 38.0. The summed E-state index contributed by atoms with van der Waals surface area (Å²) >= 11 is 0. The average molecular weight is 720 g/mol. The standard InChI is InChI=1S/C22H19NO5.C20H22O5/c1-25-15-19(22(24)26-2)18-10-6-7-11-20(18)28-21-14-17(12-13-23-21)27-16-8-4-3-5-9-16;1-4-12-24-15-8-7-9-16(13-15)25-18-11-6-5-10-17(18)19(20(21)22)14(2)23-3/h3-15H,1-2H3;5-11,13H,4,12H2,1-3H3,(H,21,22)/b19-15+;19-14+. The molecular weight excluding hydrogens is 678 g/mol. The molecule has 5 rings (SSSR count). The molecule has 1 N–H and O–H groups in total. The smallest absolute Gasteiger partial charge is 0.341 e. The van der Waals surface area contributed by atoms with Gasteiger partial charge in [-0.2, -0.15) is 0 Å². The molecule has 0 bridgehead atoms. The second kappa shape index (κ2) is 20.2. The predicted octanol–water partition coefficient (Wildman–Crippen LogP) is 9.56. The van der Waals surface area contributed by atoms with Crippen LogP contribution in [-0.4, -0.2) is 50.0 Å². The van der Waals surface area contributed by atoms with Crippen LogP contribution in [0, 0.1) is 0 Å². The molecule has 0 saturated heterocycles. The maximum Gasteiger partial charge on any atom is 0.341 e. The normalized spacial score (nSPS) is 11.2. The predicted molar refractivity (Wildman–Crippen MR) is 200 cm³/mol. The molecule has 0 aliphatic carbocycles. The van der Waals surface area contributed by atoms with Gasteiger partial charge in [-0.3, -0.25) is 0 Å². The number of aromatic nitrogens is 1. The summed E-state index contributed by atoms with van der Waals surface area (Å²) in [6.45, 7) is 4.27. The Labute approximate surface area is 308 Å². The van der Waals surface area contributed by atoms with Crippen molar-refractivity contribution in [1.82, 2.24) is 4.98 Å². The Hall–Kier alpha value is -6.75. The van der Waals surface area contributed by atoms with E-state index < -0.39 is 11.9 Å². The highest BCUT2D eigenvalue weighted by atomic mass is 16.5. The lowest BCUT2D eigenvalue weighted by atomic mass is 10.0. The molecule has 0 unspecified atom stereocenters. The van der Waals surface area contributed by atoms with Crippen molar-refractivity contribution in [1.29, 1.82) is 0 Å². The Kier molecular flexibility index (Phi) is 14.9. The molecule has 0 aliphatic rings. The number of carboxylic acid groups (broad SMARTS) is 1. The molecule has 1 aromatic heterocycles. The van der Waals surface area contributed by atoms with E-state index in [0.717, 1.165) is 6.42 Å². The fourth-order valence-electron chi connectivity index (χ4n) is 4.77. The van der Waals surface area contributed by atoms with Gasteiger partial charge in [0.15, 0.2) is 0 Å². The van der Waals surface area contributed by atoms with Gasteiger partial charge in [0, 0.05) is 29.5 Å². The summed E-state index contributed by atoms with van der Waals surface area (Å²) in [4.78, 5) is 28.0. The van der Waals surface area contributed by atoms with Crippen LogP contribution in [0.15, 0.2) is 133 Å². The van der Waals surface area contributed by atoms with Gasteiger partial charge in [0.2, 0.25) is 5.88 Å². The molecule has 0 spiro atoms. The largest absolute Gasteiger partial charge is 0.503 e. The number of pyridine rings is 1.